The highest BCUT2D eigenvalue weighted by Gasteiger charge is 2.36. The van der Waals surface area contributed by atoms with Crippen LogP contribution in [0.25, 0.3) is 0 Å². The minimum Gasteiger partial charge on any atom is -0.465 e. The van der Waals surface area contributed by atoms with Gasteiger partial charge in [-0.05, 0) is 24.3 Å². The van der Waals surface area contributed by atoms with Gasteiger partial charge in [-0.25, -0.2) is 13.6 Å². The summed E-state index contributed by atoms with van der Waals surface area (Å²) in [5.74, 6) is -3.86. The summed E-state index contributed by atoms with van der Waals surface area (Å²) >= 11 is 0. The molecule has 0 amide bonds. The highest BCUT2D eigenvalue weighted by molar-refractivity contribution is 5.98. The van der Waals surface area contributed by atoms with Crippen molar-refractivity contribution in [3.8, 4) is 0 Å². The molecule has 0 bridgehead atoms. The molecule has 4 nitrogen and oxygen atoms in total. The lowest BCUT2D eigenvalue weighted by molar-refractivity contribution is -0.139. The van der Waals surface area contributed by atoms with Crippen LogP contribution in [0.2, 0.25) is 0 Å². The summed E-state index contributed by atoms with van der Waals surface area (Å²) in [7, 11) is 0.959. The molecule has 2 aromatic carbocycles. The van der Waals surface area contributed by atoms with Gasteiger partial charge in [0.05, 0.1) is 35.2 Å². The Labute approximate surface area is 138 Å². The zero-order chi connectivity index (χ0) is 18.8. The van der Waals surface area contributed by atoms with E-state index in [1.165, 1.54) is 0 Å². The van der Waals surface area contributed by atoms with Crippen LogP contribution >= 0.6 is 0 Å². The second kappa shape index (κ2) is 6.88. The van der Waals surface area contributed by atoms with Crippen LogP contribution in [0.15, 0.2) is 30.3 Å². The largest absolute Gasteiger partial charge is 0.465 e. The van der Waals surface area contributed by atoms with Crippen molar-refractivity contribution in [3.05, 3.63) is 58.7 Å². The Morgan fingerprint density at radius 2 is 1.84 bits per heavy atom. The minimum absolute atomic E-state index is 0.112. The number of hydrogen-bond donors (Lipinski definition) is 1. The third kappa shape index (κ3) is 3.59. The van der Waals surface area contributed by atoms with Crippen LogP contribution in [0, 0.1) is 11.6 Å². The van der Waals surface area contributed by atoms with Gasteiger partial charge in [0.1, 0.15) is 5.82 Å². The van der Waals surface area contributed by atoms with E-state index >= 15 is 0 Å². The van der Waals surface area contributed by atoms with Crippen molar-refractivity contribution in [2.45, 2.75) is 6.18 Å². The molecule has 0 aromatic heterocycles. The molecule has 0 unspecified atom stereocenters. The maximum atomic E-state index is 14.4. The summed E-state index contributed by atoms with van der Waals surface area (Å²) in [6.07, 6.45) is -4.91. The van der Waals surface area contributed by atoms with Crippen LogP contribution in [-0.4, -0.2) is 19.4 Å². The van der Waals surface area contributed by atoms with Gasteiger partial charge in [-0.3, -0.25) is 4.79 Å². The Morgan fingerprint density at radius 1 is 1.16 bits per heavy atom. The zero-order valence-electron chi connectivity index (χ0n) is 12.6. The number of rotatable bonds is 4. The van der Waals surface area contributed by atoms with Gasteiger partial charge >= 0.3 is 12.1 Å². The van der Waals surface area contributed by atoms with E-state index in [1.54, 1.807) is 0 Å². The van der Waals surface area contributed by atoms with Crippen molar-refractivity contribution in [1.29, 1.82) is 0 Å². The molecule has 0 fully saturated rings. The molecule has 2 aromatic rings. The second-order valence-corrected chi connectivity index (χ2v) is 4.78. The van der Waals surface area contributed by atoms with Crippen molar-refractivity contribution >= 4 is 23.6 Å². The summed E-state index contributed by atoms with van der Waals surface area (Å²) in [6, 6.07) is 4.36. The molecule has 0 atom stereocenters. The average Bonchev–Trinajstić information content (AvgIpc) is 2.55. The maximum absolute atomic E-state index is 14.4. The number of benzene rings is 2. The first-order chi connectivity index (χ1) is 11.7. The molecule has 2 rings (SSSR count). The predicted molar refractivity (Wildman–Crippen MR) is 77.8 cm³/mol. The summed E-state index contributed by atoms with van der Waals surface area (Å²) in [5, 5.41) is 2.18. The number of nitrogens with one attached hydrogen (secondary N) is 1. The number of esters is 1. The SMILES string of the molecule is COC(=O)c1ccc(C(F)(F)F)c(F)c1Nc1cccc(F)c1C=O. The van der Waals surface area contributed by atoms with Crippen molar-refractivity contribution in [2.24, 2.45) is 0 Å². The molecule has 0 spiro atoms. The Hall–Kier alpha value is -2.97. The summed E-state index contributed by atoms with van der Waals surface area (Å²) in [5.41, 5.74) is -3.90. The lowest BCUT2D eigenvalue weighted by atomic mass is 10.1. The number of anilines is 2. The van der Waals surface area contributed by atoms with E-state index in [0.717, 1.165) is 31.4 Å². The molecule has 0 saturated carbocycles. The van der Waals surface area contributed by atoms with Gasteiger partial charge in [-0.1, -0.05) is 6.07 Å². The van der Waals surface area contributed by atoms with Crippen molar-refractivity contribution < 1.29 is 36.3 Å². The van der Waals surface area contributed by atoms with Crippen molar-refractivity contribution in [1.82, 2.24) is 0 Å². The molecular weight excluding hydrogens is 349 g/mol. The first-order valence-corrected chi connectivity index (χ1v) is 6.69. The monoisotopic (exact) mass is 359 g/mol. The third-order valence-electron chi connectivity index (χ3n) is 3.28. The molecular formula is C16H10F5NO3. The van der Waals surface area contributed by atoms with Crippen LogP contribution in [0.5, 0.6) is 0 Å². The summed E-state index contributed by atoms with van der Waals surface area (Å²) < 4.78 is 71.1. The van der Waals surface area contributed by atoms with Crippen LogP contribution in [0.4, 0.5) is 33.3 Å². The van der Waals surface area contributed by atoms with E-state index in [4.69, 9.17) is 0 Å². The maximum Gasteiger partial charge on any atom is 0.419 e. The Bertz CT molecular complexity index is 833. The highest BCUT2D eigenvalue weighted by atomic mass is 19.4. The van der Waals surface area contributed by atoms with Gasteiger partial charge in [0.2, 0.25) is 0 Å². The number of alkyl halides is 3. The van der Waals surface area contributed by atoms with E-state index in [9.17, 15) is 31.5 Å². The predicted octanol–water partition coefficient (Wildman–Crippen LogP) is 4.33. The lowest BCUT2D eigenvalue weighted by Crippen LogP contribution is -2.14. The fraction of sp³-hybridized carbons (Fsp3) is 0.125. The van der Waals surface area contributed by atoms with Crippen LogP contribution in [0.1, 0.15) is 26.3 Å². The van der Waals surface area contributed by atoms with Gasteiger partial charge < -0.3 is 10.1 Å². The number of hydrogen-bond acceptors (Lipinski definition) is 4. The standard InChI is InChI=1S/C16H10F5NO3/c1-25-15(24)8-5-6-10(16(19,20)21)13(18)14(8)22-12-4-2-3-11(17)9(12)7-23/h2-7,22H,1H3. The van der Waals surface area contributed by atoms with Gasteiger partial charge in [0, 0.05) is 0 Å². The first-order valence-electron chi connectivity index (χ1n) is 6.69. The van der Waals surface area contributed by atoms with Gasteiger partial charge in [0.25, 0.3) is 0 Å². The van der Waals surface area contributed by atoms with E-state index in [0.29, 0.717) is 6.07 Å². The molecule has 0 heterocycles. The van der Waals surface area contributed by atoms with Crippen LogP contribution < -0.4 is 5.32 Å². The third-order valence-corrected chi connectivity index (χ3v) is 3.28. The number of carbonyl (C=O) groups excluding carboxylic acids is 2. The smallest absolute Gasteiger partial charge is 0.419 e. The minimum atomic E-state index is -5.02. The average molecular weight is 359 g/mol. The molecule has 0 aliphatic carbocycles. The van der Waals surface area contributed by atoms with Gasteiger partial charge in [-0.15, -0.1) is 0 Å². The first kappa shape index (κ1) is 18.4. The molecule has 0 aliphatic heterocycles. The number of ether oxygens (including phenoxy) is 1. The summed E-state index contributed by atoms with van der Waals surface area (Å²) in [4.78, 5) is 22.7. The Balaban J connectivity index is 2.68. The fourth-order valence-corrected chi connectivity index (χ4v) is 2.10. The second-order valence-electron chi connectivity index (χ2n) is 4.78. The van der Waals surface area contributed by atoms with Crippen molar-refractivity contribution in [3.63, 3.8) is 0 Å². The number of halogens is 5. The van der Waals surface area contributed by atoms with Gasteiger partial charge in [-0.2, -0.15) is 13.2 Å². The van der Waals surface area contributed by atoms with Crippen molar-refractivity contribution in [2.75, 3.05) is 12.4 Å². The van der Waals surface area contributed by atoms with Crippen LogP contribution in [0.3, 0.4) is 0 Å². The molecule has 0 radical (unpaired) electrons. The van der Waals surface area contributed by atoms with E-state index in [-0.39, 0.29) is 12.0 Å². The Morgan fingerprint density at radius 3 is 2.40 bits per heavy atom. The van der Waals surface area contributed by atoms with E-state index in [2.05, 4.69) is 10.1 Å². The summed E-state index contributed by atoms with van der Waals surface area (Å²) in [6.45, 7) is 0. The lowest BCUT2D eigenvalue weighted by Gasteiger charge is -2.17. The molecule has 0 saturated heterocycles. The number of carbonyl (C=O) groups is 2. The number of aldehydes is 1. The highest BCUT2D eigenvalue weighted by Crippen LogP contribution is 2.37. The molecule has 25 heavy (non-hydrogen) atoms. The number of methoxy groups -OCH3 is 1. The normalized spacial score (nSPS) is 11.1. The van der Waals surface area contributed by atoms with E-state index < -0.39 is 46.2 Å². The zero-order valence-corrected chi connectivity index (χ0v) is 12.6. The quantitative estimate of drug-likeness (QED) is 0.502. The topological polar surface area (TPSA) is 55.4 Å². The molecule has 9 heteroatoms. The van der Waals surface area contributed by atoms with E-state index in [1.807, 2.05) is 0 Å². The molecule has 132 valence electrons. The van der Waals surface area contributed by atoms with Crippen LogP contribution in [-0.2, 0) is 10.9 Å². The fourth-order valence-electron chi connectivity index (χ4n) is 2.10. The Kier molecular flexibility index (Phi) is 5.05. The van der Waals surface area contributed by atoms with Gasteiger partial charge in [0.15, 0.2) is 12.1 Å². The molecule has 1 N–H and O–H groups in total. The molecule has 0 aliphatic rings.